The van der Waals surface area contributed by atoms with Crippen LogP contribution < -0.4 is 25.5 Å². The van der Waals surface area contributed by atoms with Crippen LogP contribution in [0.5, 0.6) is 11.5 Å². The molecule has 3 amide bonds. The second-order valence-electron chi connectivity index (χ2n) is 8.18. The summed E-state index contributed by atoms with van der Waals surface area (Å²) in [7, 11) is 0. The van der Waals surface area contributed by atoms with Gasteiger partial charge in [0.25, 0.3) is 11.8 Å². The zero-order chi connectivity index (χ0) is 27.9. The highest BCUT2D eigenvalue weighted by Gasteiger charge is 2.21. The van der Waals surface area contributed by atoms with Crippen LogP contribution in [0.25, 0.3) is 0 Å². The first kappa shape index (κ1) is 28.7. The van der Waals surface area contributed by atoms with E-state index in [2.05, 4.69) is 21.2 Å². The Morgan fingerprint density at radius 2 is 1.59 bits per heavy atom. The quantitative estimate of drug-likeness (QED) is 0.226. The highest BCUT2D eigenvalue weighted by molar-refractivity contribution is 5.92. The molecular formula is C29H32N4O6. The SMILES string of the molecule is CCOC(=O)N[C@H](Cc1ccccc1)C(=O)N/N=C\c1ccc(OCC(=O)Nc2ccccc2)c(OCC)c1. The molecule has 0 spiro atoms. The molecule has 10 heteroatoms. The molecule has 0 aromatic heterocycles. The highest BCUT2D eigenvalue weighted by Crippen LogP contribution is 2.28. The van der Waals surface area contributed by atoms with Gasteiger partial charge < -0.3 is 24.8 Å². The van der Waals surface area contributed by atoms with Crippen LogP contribution in [0.2, 0.25) is 0 Å². The third-order valence-corrected chi connectivity index (χ3v) is 5.24. The van der Waals surface area contributed by atoms with Crippen LogP contribution in [0, 0.1) is 0 Å². The van der Waals surface area contributed by atoms with E-state index in [9.17, 15) is 14.4 Å². The number of hydrogen-bond acceptors (Lipinski definition) is 7. The van der Waals surface area contributed by atoms with Crippen molar-refractivity contribution in [3.8, 4) is 11.5 Å². The lowest BCUT2D eigenvalue weighted by atomic mass is 10.1. The Morgan fingerprint density at radius 1 is 0.872 bits per heavy atom. The highest BCUT2D eigenvalue weighted by atomic mass is 16.5. The maximum Gasteiger partial charge on any atom is 0.407 e. The molecule has 10 nitrogen and oxygen atoms in total. The van der Waals surface area contributed by atoms with Gasteiger partial charge in [0.2, 0.25) is 0 Å². The number of hydrogen-bond donors (Lipinski definition) is 3. The molecule has 3 rings (SSSR count). The molecule has 0 unspecified atom stereocenters. The molecule has 0 bridgehead atoms. The standard InChI is InChI=1S/C29H32N4O6/c1-3-37-26-18-22(15-16-25(26)39-20-27(34)31-23-13-9-6-10-14-23)19-30-33-28(35)24(32-29(36)38-4-2)17-21-11-7-5-8-12-21/h5-16,18-19,24H,3-4,17,20H2,1-2H3,(H,31,34)(H,32,36)(H,33,35)/b30-19-/t24-/m1/s1. The number of rotatable bonds is 13. The van der Waals surface area contributed by atoms with E-state index in [0.29, 0.717) is 29.4 Å². The van der Waals surface area contributed by atoms with Crippen molar-refractivity contribution in [3.63, 3.8) is 0 Å². The van der Waals surface area contributed by atoms with Crippen molar-refractivity contribution < 1.29 is 28.6 Å². The smallest absolute Gasteiger partial charge is 0.407 e. The van der Waals surface area contributed by atoms with E-state index in [4.69, 9.17) is 14.2 Å². The van der Waals surface area contributed by atoms with Gasteiger partial charge in [-0.3, -0.25) is 9.59 Å². The molecule has 0 aliphatic carbocycles. The maximum atomic E-state index is 12.8. The van der Waals surface area contributed by atoms with Crippen LogP contribution in [0.1, 0.15) is 25.0 Å². The summed E-state index contributed by atoms with van der Waals surface area (Å²) in [5.74, 6) is 0.00471. The van der Waals surface area contributed by atoms with Gasteiger partial charge in [0.05, 0.1) is 19.4 Å². The van der Waals surface area contributed by atoms with Crippen molar-refractivity contribution in [3.05, 3.63) is 90.0 Å². The molecule has 0 aliphatic rings. The van der Waals surface area contributed by atoms with Gasteiger partial charge >= 0.3 is 6.09 Å². The van der Waals surface area contributed by atoms with Gasteiger partial charge in [0, 0.05) is 12.1 Å². The first-order valence-corrected chi connectivity index (χ1v) is 12.5. The Kier molecular flexibility index (Phi) is 11.3. The molecule has 0 saturated heterocycles. The van der Waals surface area contributed by atoms with Crippen molar-refractivity contribution in [2.24, 2.45) is 5.10 Å². The number of carbonyl (C=O) groups is 3. The lowest BCUT2D eigenvalue weighted by Gasteiger charge is -2.17. The van der Waals surface area contributed by atoms with E-state index in [-0.39, 0.29) is 25.5 Å². The fourth-order valence-corrected chi connectivity index (χ4v) is 3.48. The molecule has 3 aromatic rings. The summed E-state index contributed by atoms with van der Waals surface area (Å²) in [4.78, 5) is 37.0. The Balaban J connectivity index is 1.61. The monoisotopic (exact) mass is 532 g/mol. The van der Waals surface area contributed by atoms with Gasteiger partial charge in [0.15, 0.2) is 18.1 Å². The molecule has 39 heavy (non-hydrogen) atoms. The summed E-state index contributed by atoms with van der Waals surface area (Å²) in [6.45, 7) is 3.88. The van der Waals surface area contributed by atoms with E-state index < -0.39 is 18.0 Å². The summed E-state index contributed by atoms with van der Waals surface area (Å²) in [5.41, 5.74) is 4.63. The molecule has 0 heterocycles. The summed E-state index contributed by atoms with van der Waals surface area (Å²) < 4.78 is 16.2. The number of alkyl carbamates (subject to hydrolysis) is 1. The molecule has 0 aliphatic heterocycles. The Morgan fingerprint density at radius 3 is 2.28 bits per heavy atom. The zero-order valence-electron chi connectivity index (χ0n) is 21.9. The average molecular weight is 533 g/mol. The predicted octanol–water partition coefficient (Wildman–Crippen LogP) is 3.91. The lowest BCUT2D eigenvalue weighted by molar-refractivity contribution is -0.123. The van der Waals surface area contributed by atoms with Crippen molar-refractivity contribution >= 4 is 29.8 Å². The topological polar surface area (TPSA) is 127 Å². The second kappa shape index (κ2) is 15.4. The van der Waals surface area contributed by atoms with Gasteiger partial charge in [-0.25, -0.2) is 10.2 Å². The Hall–Kier alpha value is -4.86. The van der Waals surface area contributed by atoms with Crippen molar-refractivity contribution in [1.29, 1.82) is 0 Å². The third-order valence-electron chi connectivity index (χ3n) is 5.24. The summed E-state index contributed by atoms with van der Waals surface area (Å²) >= 11 is 0. The normalized spacial score (nSPS) is 11.3. The lowest BCUT2D eigenvalue weighted by Crippen LogP contribution is -2.47. The van der Waals surface area contributed by atoms with Crippen molar-refractivity contribution in [2.75, 3.05) is 25.1 Å². The van der Waals surface area contributed by atoms with Crippen molar-refractivity contribution in [1.82, 2.24) is 10.7 Å². The first-order chi connectivity index (χ1) is 19.0. The van der Waals surface area contributed by atoms with Crippen molar-refractivity contribution in [2.45, 2.75) is 26.3 Å². The number of nitrogens with one attached hydrogen (secondary N) is 3. The Labute approximate surface area is 227 Å². The van der Waals surface area contributed by atoms with E-state index >= 15 is 0 Å². The number of benzene rings is 3. The number of nitrogens with zero attached hydrogens (tertiary/aromatic N) is 1. The van der Waals surface area contributed by atoms with Crippen LogP contribution in [0.15, 0.2) is 84.0 Å². The largest absolute Gasteiger partial charge is 0.490 e. The number of para-hydroxylation sites is 1. The van der Waals surface area contributed by atoms with Gasteiger partial charge in [-0.15, -0.1) is 0 Å². The van der Waals surface area contributed by atoms with Crippen LogP contribution in [-0.2, 0) is 20.7 Å². The van der Waals surface area contributed by atoms with E-state index in [1.807, 2.05) is 55.5 Å². The van der Waals surface area contributed by atoms with Gasteiger partial charge in [-0.05, 0) is 55.3 Å². The number of hydrazone groups is 1. The summed E-state index contributed by atoms with van der Waals surface area (Å²) in [6.07, 6.45) is 1.02. The van der Waals surface area contributed by atoms with Crippen LogP contribution in [-0.4, -0.2) is 50.0 Å². The number of amides is 3. The Bertz CT molecular complexity index is 1250. The number of ether oxygens (including phenoxy) is 3. The zero-order valence-corrected chi connectivity index (χ0v) is 21.9. The minimum absolute atomic E-state index is 0.184. The van der Waals surface area contributed by atoms with Gasteiger partial charge in [-0.1, -0.05) is 48.5 Å². The van der Waals surface area contributed by atoms with Crippen LogP contribution >= 0.6 is 0 Å². The van der Waals surface area contributed by atoms with Crippen LogP contribution in [0.4, 0.5) is 10.5 Å². The molecular weight excluding hydrogens is 500 g/mol. The fraction of sp³-hybridized carbons (Fsp3) is 0.241. The average Bonchev–Trinajstić information content (AvgIpc) is 2.93. The van der Waals surface area contributed by atoms with E-state index in [1.165, 1.54) is 6.21 Å². The maximum absolute atomic E-state index is 12.8. The molecule has 0 saturated carbocycles. The summed E-state index contributed by atoms with van der Waals surface area (Å²) in [5, 5.41) is 9.36. The molecule has 204 valence electrons. The van der Waals surface area contributed by atoms with Gasteiger partial charge in [-0.2, -0.15) is 5.10 Å². The second-order valence-corrected chi connectivity index (χ2v) is 8.18. The predicted molar refractivity (Wildman–Crippen MR) is 148 cm³/mol. The number of carbonyl (C=O) groups excluding carboxylic acids is 3. The molecule has 3 N–H and O–H groups in total. The number of anilines is 1. The molecule has 0 radical (unpaired) electrons. The van der Waals surface area contributed by atoms with E-state index in [1.54, 1.807) is 37.3 Å². The molecule has 1 atom stereocenters. The first-order valence-electron chi connectivity index (χ1n) is 12.5. The summed E-state index contributed by atoms with van der Waals surface area (Å²) in [6, 6.07) is 22.5. The molecule has 3 aromatic carbocycles. The fourth-order valence-electron chi connectivity index (χ4n) is 3.48. The van der Waals surface area contributed by atoms with Gasteiger partial charge in [0.1, 0.15) is 6.04 Å². The molecule has 0 fully saturated rings. The third kappa shape index (κ3) is 9.84. The van der Waals surface area contributed by atoms with Crippen LogP contribution in [0.3, 0.4) is 0 Å². The minimum Gasteiger partial charge on any atom is -0.490 e. The minimum atomic E-state index is -0.889. The van der Waals surface area contributed by atoms with E-state index in [0.717, 1.165) is 5.56 Å².